The number of nitrogens with one attached hydrogen (secondary N) is 1. The van der Waals surface area contributed by atoms with Crippen LogP contribution in [0.2, 0.25) is 0 Å². The molecule has 4 N–H and O–H groups in total. The summed E-state index contributed by atoms with van der Waals surface area (Å²) in [7, 11) is 0. The van der Waals surface area contributed by atoms with Crippen LogP contribution in [-0.4, -0.2) is 29.6 Å². The van der Waals surface area contributed by atoms with Crippen molar-refractivity contribution in [3.8, 4) is 0 Å². The zero-order valence-electron chi connectivity index (χ0n) is 11.3. The Hall–Kier alpha value is -2.14. The third kappa shape index (κ3) is 6.15. The van der Waals surface area contributed by atoms with Gasteiger partial charge in [0.2, 0.25) is 0 Å². The summed E-state index contributed by atoms with van der Waals surface area (Å²) in [5.41, 5.74) is 5.98. The average Bonchev–Trinajstić information content (AvgIpc) is 2.37. The second kappa shape index (κ2) is 8.87. The first-order chi connectivity index (χ1) is 9.61. The maximum absolute atomic E-state index is 11.9. The number of carboxylic acid groups (broad SMARTS) is 1. The van der Waals surface area contributed by atoms with E-state index in [0.717, 1.165) is 0 Å². The number of nitrogens with two attached hydrogens (primary N) is 1. The lowest BCUT2D eigenvalue weighted by molar-refractivity contribution is -0.138. The highest BCUT2D eigenvalue weighted by Crippen LogP contribution is 2.03. The molecule has 1 unspecified atom stereocenters. The number of allylic oxidation sites excluding steroid dienone is 6. The van der Waals surface area contributed by atoms with Gasteiger partial charge in [0.05, 0.1) is 0 Å². The summed E-state index contributed by atoms with van der Waals surface area (Å²) in [6.07, 6.45) is 14.5. The zero-order valence-corrected chi connectivity index (χ0v) is 11.3. The number of carboxylic acids is 1. The zero-order chi connectivity index (χ0) is 14.8. The fourth-order valence-electron chi connectivity index (χ4n) is 1.63. The lowest BCUT2D eigenvalue weighted by Crippen LogP contribution is -2.30. The van der Waals surface area contributed by atoms with Crippen molar-refractivity contribution in [2.24, 2.45) is 5.73 Å². The number of rotatable bonds is 7. The molecule has 1 atom stereocenters. The van der Waals surface area contributed by atoms with Gasteiger partial charge in [0, 0.05) is 12.1 Å². The molecule has 108 valence electrons. The van der Waals surface area contributed by atoms with E-state index < -0.39 is 12.0 Å². The minimum Gasteiger partial charge on any atom is -0.480 e. The Labute approximate surface area is 118 Å². The number of amides is 1. The van der Waals surface area contributed by atoms with Crippen molar-refractivity contribution >= 4 is 11.9 Å². The molecule has 1 rings (SSSR count). The van der Waals surface area contributed by atoms with E-state index in [1.165, 1.54) is 0 Å². The van der Waals surface area contributed by atoms with Gasteiger partial charge in [-0.05, 0) is 31.4 Å². The number of hydrogen-bond acceptors (Lipinski definition) is 3. The SMILES string of the molecule is NC(CCCCNC(=O)C1=C/C=C\C=C/C=C\1)C(=O)O. The van der Waals surface area contributed by atoms with Crippen LogP contribution in [0.5, 0.6) is 0 Å². The lowest BCUT2D eigenvalue weighted by Gasteiger charge is -2.07. The van der Waals surface area contributed by atoms with Crippen molar-refractivity contribution in [1.82, 2.24) is 5.32 Å². The molecule has 0 aromatic heterocycles. The predicted octanol–water partition coefficient (Wildman–Crippen LogP) is 1.29. The van der Waals surface area contributed by atoms with Crippen molar-refractivity contribution in [3.05, 3.63) is 48.1 Å². The average molecular weight is 276 g/mol. The third-order valence-electron chi connectivity index (χ3n) is 2.80. The molecule has 0 saturated carbocycles. The van der Waals surface area contributed by atoms with Crippen molar-refractivity contribution < 1.29 is 14.7 Å². The monoisotopic (exact) mass is 276 g/mol. The molecule has 0 saturated heterocycles. The number of carbonyl (C=O) groups is 2. The van der Waals surface area contributed by atoms with Crippen molar-refractivity contribution in [2.45, 2.75) is 25.3 Å². The fourth-order valence-corrected chi connectivity index (χ4v) is 1.63. The lowest BCUT2D eigenvalue weighted by atomic mass is 10.1. The Kier molecular flexibility index (Phi) is 7.06. The molecule has 20 heavy (non-hydrogen) atoms. The summed E-state index contributed by atoms with van der Waals surface area (Å²) in [4.78, 5) is 22.4. The maximum Gasteiger partial charge on any atom is 0.320 e. The van der Waals surface area contributed by atoms with Crippen LogP contribution >= 0.6 is 0 Å². The van der Waals surface area contributed by atoms with E-state index in [4.69, 9.17) is 10.8 Å². The fraction of sp³-hybridized carbons (Fsp3) is 0.333. The largest absolute Gasteiger partial charge is 0.480 e. The minimum absolute atomic E-state index is 0.135. The van der Waals surface area contributed by atoms with Gasteiger partial charge in [-0.25, -0.2) is 0 Å². The van der Waals surface area contributed by atoms with Gasteiger partial charge in [-0.15, -0.1) is 0 Å². The molecule has 0 spiro atoms. The normalized spacial score (nSPS) is 22.6. The molecule has 0 fully saturated rings. The highest BCUT2D eigenvalue weighted by atomic mass is 16.4. The van der Waals surface area contributed by atoms with Gasteiger partial charge in [-0.1, -0.05) is 30.4 Å². The first-order valence-electron chi connectivity index (χ1n) is 6.59. The van der Waals surface area contributed by atoms with Gasteiger partial charge < -0.3 is 16.2 Å². The second-order valence-electron chi connectivity index (χ2n) is 4.45. The van der Waals surface area contributed by atoms with Crippen LogP contribution < -0.4 is 11.1 Å². The molecule has 1 aliphatic rings. The van der Waals surface area contributed by atoms with Crippen molar-refractivity contribution in [2.75, 3.05) is 6.54 Å². The highest BCUT2D eigenvalue weighted by molar-refractivity contribution is 5.96. The molecule has 1 aliphatic carbocycles. The molecule has 0 bridgehead atoms. The van der Waals surface area contributed by atoms with Crippen LogP contribution in [0.1, 0.15) is 19.3 Å². The first kappa shape index (κ1) is 15.9. The standard InChI is InChI=1S/C15H20N2O3/c16-13(15(19)20)10-6-7-11-17-14(18)12-8-4-2-1-3-5-9-12/h1-5,8-9,13H,6-7,10-11,16H2,(H,17,18)(H,19,20)/b2-1-,3-1?,4-2?,5-3-,8-4-,9-5?,12-8?,12-9+. The first-order valence-corrected chi connectivity index (χ1v) is 6.59. The number of hydrogen-bond donors (Lipinski definition) is 3. The Morgan fingerprint density at radius 2 is 1.85 bits per heavy atom. The van der Waals surface area contributed by atoms with Gasteiger partial charge in [0.25, 0.3) is 5.91 Å². The Morgan fingerprint density at radius 3 is 2.60 bits per heavy atom. The maximum atomic E-state index is 11.9. The van der Waals surface area contributed by atoms with Crippen LogP contribution in [0.25, 0.3) is 0 Å². The molecular weight excluding hydrogens is 256 g/mol. The number of aliphatic carboxylic acids is 1. The van der Waals surface area contributed by atoms with Crippen LogP contribution in [0, 0.1) is 0 Å². The van der Waals surface area contributed by atoms with Crippen molar-refractivity contribution in [1.29, 1.82) is 0 Å². The quantitative estimate of drug-likeness (QED) is 0.611. The van der Waals surface area contributed by atoms with E-state index in [0.29, 0.717) is 31.4 Å². The van der Waals surface area contributed by atoms with E-state index in [1.54, 1.807) is 24.3 Å². The minimum atomic E-state index is -0.987. The highest BCUT2D eigenvalue weighted by Gasteiger charge is 2.10. The molecular formula is C15H20N2O3. The molecule has 1 amide bonds. The summed E-state index contributed by atoms with van der Waals surface area (Å²) in [6, 6.07) is -0.820. The Balaban J connectivity index is 2.25. The van der Waals surface area contributed by atoms with Gasteiger partial charge in [-0.3, -0.25) is 9.59 Å². The number of carbonyl (C=O) groups excluding carboxylic acids is 1. The van der Waals surface area contributed by atoms with E-state index in [1.807, 2.05) is 18.2 Å². The predicted molar refractivity (Wildman–Crippen MR) is 78.0 cm³/mol. The molecule has 0 aromatic carbocycles. The van der Waals surface area contributed by atoms with E-state index >= 15 is 0 Å². The molecule has 0 heterocycles. The summed E-state index contributed by atoms with van der Waals surface area (Å²) in [5.74, 6) is -1.12. The van der Waals surface area contributed by atoms with Gasteiger partial charge in [-0.2, -0.15) is 0 Å². The van der Waals surface area contributed by atoms with Gasteiger partial charge in [0.1, 0.15) is 6.04 Å². The smallest absolute Gasteiger partial charge is 0.320 e. The van der Waals surface area contributed by atoms with Crippen LogP contribution in [-0.2, 0) is 9.59 Å². The molecule has 0 aromatic rings. The van der Waals surface area contributed by atoms with Crippen LogP contribution in [0.4, 0.5) is 0 Å². The topological polar surface area (TPSA) is 92.4 Å². The summed E-state index contributed by atoms with van der Waals surface area (Å²) < 4.78 is 0. The molecule has 0 radical (unpaired) electrons. The summed E-state index contributed by atoms with van der Waals surface area (Å²) in [6.45, 7) is 0.510. The Morgan fingerprint density at radius 1 is 1.15 bits per heavy atom. The summed E-state index contributed by atoms with van der Waals surface area (Å²) >= 11 is 0. The molecule has 5 nitrogen and oxygen atoms in total. The van der Waals surface area contributed by atoms with Crippen LogP contribution in [0.15, 0.2) is 48.1 Å². The van der Waals surface area contributed by atoms with Crippen LogP contribution in [0.3, 0.4) is 0 Å². The third-order valence-corrected chi connectivity index (χ3v) is 2.80. The van der Waals surface area contributed by atoms with Gasteiger partial charge >= 0.3 is 5.97 Å². The van der Waals surface area contributed by atoms with Gasteiger partial charge in [0.15, 0.2) is 0 Å². The molecule has 5 heteroatoms. The Bertz CT molecular complexity index is 462. The molecule has 0 aliphatic heterocycles. The number of unbranched alkanes of at least 4 members (excludes halogenated alkanes) is 1. The van der Waals surface area contributed by atoms with E-state index in [2.05, 4.69) is 5.32 Å². The van der Waals surface area contributed by atoms with E-state index in [-0.39, 0.29) is 5.91 Å². The summed E-state index contributed by atoms with van der Waals surface area (Å²) in [5, 5.41) is 11.4. The second-order valence-corrected chi connectivity index (χ2v) is 4.45. The van der Waals surface area contributed by atoms with Crippen molar-refractivity contribution in [3.63, 3.8) is 0 Å². The van der Waals surface area contributed by atoms with E-state index in [9.17, 15) is 9.59 Å².